The van der Waals surface area contributed by atoms with E-state index in [1.54, 1.807) is 7.05 Å². The average molecular weight is 983 g/mol. The summed E-state index contributed by atoms with van der Waals surface area (Å²) < 4.78 is 13.4. The molecular weight excluding hydrogens is 910 g/mol. The highest BCUT2D eigenvalue weighted by atomic mass is 16.6. The first-order chi connectivity index (χ1) is 33.9. The number of fused-ring (bicyclic) bond motifs is 1. The molecule has 2 aromatic heterocycles. The first-order valence-corrected chi connectivity index (χ1v) is 24.3. The van der Waals surface area contributed by atoms with Crippen molar-refractivity contribution in [3.8, 4) is 0 Å². The zero-order valence-corrected chi connectivity index (χ0v) is 41.9. The zero-order valence-electron chi connectivity index (χ0n) is 41.9. The van der Waals surface area contributed by atoms with Crippen molar-refractivity contribution in [3.05, 3.63) is 120 Å². The fraction of sp³-hybridized carbons (Fsp3) is 0.500. The van der Waals surface area contributed by atoms with Crippen molar-refractivity contribution in [2.45, 2.75) is 89.9 Å². The number of carbonyl (C=O) groups excluding carboxylic acids is 4. The summed E-state index contributed by atoms with van der Waals surface area (Å²) in [5, 5.41) is 41.4. The Bertz CT molecular complexity index is 2240. The standard InChI is InChI=1S/C25H35BN4O4.C20H26BN3O4.C5H11NO3/c1-19(2)15-21(26-30(3,11-13-33-26)12-14-34-26)17-24(31)22(16-20-7-5-4-6-8-20)29-25(32)23-18-27-9-10-28-23;1-14(2)10-16(21(27)28)12-19(25)17(11-15-6-4-3-5-7-15)24-20(26)18-13-22-8-9-23-18;1-6(2-3-7)4-5(8)9/h4-10,18-19,21-22H,11-17H2,1-3H3,(H,29,32);3-9,13-14,16-17,27-28H,10-12H2,1-2H3,(H,24,26);7H,2-4H2,1H3,(H,8,9)/t21-,22+,26?,30?;16-,17+;/m11./s1. The largest absolute Gasteiger partial charge is 0.509 e. The number of aliphatic hydroxyl groups is 1. The highest BCUT2D eigenvalue weighted by Crippen LogP contribution is 2.45. The Morgan fingerprint density at radius 3 is 1.59 bits per heavy atom. The smallest absolute Gasteiger partial charge is 0.476 e. The Kier molecular flexibility index (Phi) is 23.5. The number of rotatable bonds is 24. The second kappa shape index (κ2) is 28.9. The van der Waals surface area contributed by atoms with E-state index in [-0.39, 0.29) is 54.3 Å². The van der Waals surface area contributed by atoms with Crippen LogP contribution in [0.5, 0.6) is 0 Å². The van der Waals surface area contributed by atoms with Crippen LogP contribution in [-0.4, -0.2) is 165 Å². The van der Waals surface area contributed by atoms with Crippen molar-refractivity contribution in [2.24, 2.45) is 11.8 Å². The molecule has 0 spiro atoms. The van der Waals surface area contributed by atoms with Crippen molar-refractivity contribution < 1.29 is 57.9 Å². The molecule has 2 fully saturated rings. The van der Waals surface area contributed by atoms with E-state index in [0.29, 0.717) is 51.4 Å². The molecule has 2 saturated heterocycles. The monoisotopic (exact) mass is 983 g/mol. The number of carboxylic acids is 1. The summed E-state index contributed by atoms with van der Waals surface area (Å²) in [7, 11) is 2.25. The van der Waals surface area contributed by atoms with Crippen molar-refractivity contribution in [1.29, 1.82) is 0 Å². The summed E-state index contributed by atoms with van der Waals surface area (Å²) in [6, 6.07) is 17.6. The topological polar surface area (TPSA) is 264 Å². The number of carboxylic acid groups (broad SMARTS) is 1. The highest BCUT2D eigenvalue weighted by Gasteiger charge is 2.61. The van der Waals surface area contributed by atoms with Gasteiger partial charge in [0.05, 0.1) is 63.9 Å². The van der Waals surface area contributed by atoms with Gasteiger partial charge >= 0.3 is 19.8 Å². The van der Waals surface area contributed by atoms with Gasteiger partial charge in [0, 0.05) is 50.6 Å². The van der Waals surface area contributed by atoms with Crippen molar-refractivity contribution in [2.75, 3.05) is 60.1 Å². The van der Waals surface area contributed by atoms with Crippen molar-refractivity contribution >= 4 is 43.2 Å². The van der Waals surface area contributed by atoms with Crippen LogP contribution >= 0.6 is 0 Å². The number of likely N-dealkylation sites (N-methyl/N-ethyl adjacent to an activating group) is 2. The lowest BCUT2D eigenvalue weighted by Crippen LogP contribution is -2.63. The lowest BCUT2D eigenvalue weighted by atomic mass is 9.52. The van der Waals surface area contributed by atoms with Crippen LogP contribution in [0.25, 0.3) is 0 Å². The fourth-order valence-electron chi connectivity index (χ4n) is 9.22. The molecule has 6 rings (SSSR count). The SMILES string of the molecule is CC(C)C[C@H](CC(=O)[C@H](Cc1ccccc1)NC(=O)c1cnccn1)B(O)O.CC(C)C[C@H](CC(=O)[C@H](Cc1ccccc1)NC(=O)c1cnccn1)[B-]12OCC[N+]1(C)CCO2.CN(CCO)CC(=O)O. The lowest BCUT2D eigenvalue weighted by Gasteiger charge is -2.48. The van der Waals surface area contributed by atoms with Gasteiger partial charge < -0.3 is 44.6 Å². The maximum absolute atomic E-state index is 13.8. The Morgan fingerprint density at radius 1 is 0.732 bits per heavy atom. The van der Waals surface area contributed by atoms with Crippen molar-refractivity contribution in [3.63, 3.8) is 0 Å². The van der Waals surface area contributed by atoms with Gasteiger partial charge in [-0.25, -0.2) is 9.97 Å². The number of benzene rings is 2. The van der Waals surface area contributed by atoms with E-state index >= 15 is 0 Å². The predicted octanol–water partition coefficient (Wildman–Crippen LogP) is 3.30. The number of aliphatic carboxylic acids is 1. The number of nitrogens with zero attached hydrogens (tertiary/aromatic N) is 6. The van der Waals surface area contributed by atoms with E-state index in [2.05, 4.69) is 51.5 Å². The number of aromatic nitrogens is 4. The number of aliphatic hydroxyl groups excluding tert-OH is 1. The van der Waals surface area contributed by atoms with Gasteiger partial charge in [0.15, 0.2) is 11.6 Å². The molecule has 0 bridgehead atoms. The molecule has 0 unspecified atom stereocenters. The number of carbonyl (C=O) groups is 5. The van der Waals surface area contributed by atoms with Gasteiger partial charge in [0.2, 0.25) is 0 Å². The minimum absolute atomic E-state index is 0.00375. The number of quaternary nitrogens is 1. The van der Waals surface area contributed by atoms with Crippen LogP contribution in [0.3, 0.4) is 0 Å². The molecule has 2 aliphatic rings. The molecule has 2 aliphatic heterocycles. The quantitative estimate of drug-likeness (QED) is 0.0550. The van der Waals surface area contributed by atoms with Crippen LogP contribution in [0, 0.1) is 11.8 Å². The molecule has 0 saturated carbocycles. The minimum atomic E-state index is -1.63. The molecule has 19 nitrogen and oxygen atoms in total. The Balaban J connectivity index is 0.000000267. The molecule has 0 radical (unpaired) electrons. The molecule has 4 heterocycles. The van der Waals surface area contributed by atoms with Crippen LogP contribution in [0.1, 0.15) is 85.5 Å². The molecule has 4 aromatic rings. The minimum Gasteiger partial charge on any atom is -0.509 e. The van der Waals surface area contributed by atoms with Gasteiger partial charge in [-0.05, 0) is 61.5 Å². The Morgan fingerprint density at radius 2 is 1.20 bits per heavy atom. The molecule has 4 atom stereocenters. The second-order valence-electron chi connectivity index (χ2n) is 19.4. The molecule has 384 valence electrons. The number of hydrogen-bond acceptors (Lipinski definition) is 15. The van der Waals surface area contributed by atoms with E-state index in [0.717, 1.165) is 35.0 Å². The van der Waals surface area contributed by atoms with Crippen LogP contribution in [0.4, 0.5) is 0 Å². The lowest BCUT2D eigenvalue weighted by molar-refractivity contribution is -0.801. The number of nitrogens with one attached hydrogen (secondary N) is 2. The van der Waals surface area contributed by atoms with E-state index in [1.807, 2.05) is 74.5 Å². The van der Waals surface area contributed by atoms with E-state index < -0.39 is 49.5 Å². The summed E-state index contributed by atoms with van der Waals surface area (Å²) in [5.74, 6) is -2.06. The summed E-state index contributed by atoms with van der Waals surface area (Å²) in [6.45, 7) is 10.1. The van der Waals surface area contributed by atoms with Crippen LogP contribution in [0.15, 0.2) is 97.8 Å². The van der Waals surface area contributed by atoms with Crippen LogP contribution < -0.4 is 10.6 Å². The molecule has 71 heavy (non-hydrogen) atoms. The van der Waals surface area contributed by atoms with Gasteiger partial charge in [0.1, 0.15) is 11.4 Å². The third-order valence-electron chi connectivity index (χ3n) is 12.7. The van der Waals surface area contributed by atoms with Gasteiger partial charge in [0.25, 0.3) is 11.8 Å². The maximum Gasteiger partial charge on any atom is 0.476 e. The summed E-state index contributed by atoms with van der Waals surface area (Å²) >= 11 is 0. The summed E-state index contributed by atoms with van der Waals surface area (Å²) in [5.41, 5.74) is 2.19. The molecule has 2 aromatic carbocycles. The zero-order chi connectivity index (χ0) is 52.0. The molecular formula is C50H72B2N8O11. The maximum atomic E-state index is 13.8. The van der Waals surface area contributed by atoms with E-state index in [4.69, 9.17) is 19.5 Å². The normalized spacial score (nSPS) is 18.7. The Labute approximate surface area is 417 Å². The number of Topliss-reactive ketones (excluding diaryl/α,β-unsaturated/α-hetero) is 2. The molecule has 2 amide bonds. The first kappa shape index (κ1) is 57.8. The Hall–Kier alpha value is -5.80. The predicted molar refractivity (Wildman–Crippen MR) is 269 cm³/mol. The molecule has 21 heteroatoms. The number of amides is 2. The van der Waals surface area contributed by atoms with Gasteiger partial charge in [-0.15, -0.1) is 0 Å². The van der Waals surface area contributed by atoms with E-state index in [9.17, 15) is 34.0 Å². The van der Waals surface area contributed by atoms with E-state index in [1.165, 1.54) is 42.1 Å². The third-order valence-corrected chi connectivity index (χ3v) is 12.7. The van der Waals surface area contributed by atoms with Gasteiger partial charge in [-0.3, -0.25) is 38.8 Å². The fourth-order valence-corrected chi connectivity index (χ4v) is 9.22. The average Bonchev–Trinajstić information content (AvgIpc) is 3.85. The van der Waals surface area contributed by atoms with Crippen LogP contribution in [0.2, 0.25) is 11.6 Å². The van der Waals surface area contributed by atoms with Crippen LogP contribution in [-0.2, 0) is 36.5 Å². The molecule has 6 N–H and O–H groups in total. The highest BCUT2D eigenvalue weighted by molar-refractivity contribution is 6.62. The third kappa shape index (κ3) is 18.4. The van der Waals surface area contributed by atoms with Gasteiger partial charge in [-0.2, -0.15) is 0 Å². The van der Waals surface area contributed by atoms with Gasteiger partial charge in [-0.1, -0.05) is 94.8 Å². The molecule has 0 aliphatic carbocycles. The number of hydrogen-bond donors (Lipinski definition) is 6. The summed E-state index contributed by atoms with van der Waals surface area (Å²) in [4.78, 5) is 79.5. The first-order valence-electron chi connectivity index (χ1n) is 24.3. The summed E-state index contributed by atoms with van der Waals surface area (Å²) in [6.07, 6.45) is 10.9. The second-order valence-corrected chi connectivity index (χ2v) is 19.4. The number of ketones is 2. The van der Waals surface area contributed by atoms with Crippen molar-refractivity contribution in [1.82, 2.24) is 35.5 Å².